The SMILES string of the molecule is CC1=C/C(=N\NC(N)=O)C[C@@H](C)[C@]12CCC(=C(C)C)C2. The smallest absolute Gasteiger partial charge is 0.332 e. The van der Waals surface area contributed by atoms with Gasteiger partial charge in [0, 0.05) is 0 Å². The molecule has 4 heteroatoms. The van der Waals surface area contributed by atoms with Gasteiger partial charge in [0.05, 0.1) is 5.71 Å². The van der Waals surface area contributed by atoms with Crippen LogP contribution in [0.25, 0.3) is 0 Å². The van der Waals surface area contributed by atoms with Crippen LogP contribution in [0.2, 0.25) is 0 Å². The first-order chi connectivity index (χ1) is 9.35. The van der Waals surface area contributed by atoms with Crippen molar-refractivity contribution in [3.05, 3.63) is 22.8 Å². The van der Waals surface area contributed by atoms with Gasteiger partial charge in [-0.25, -0.2) is 10.2 Å². The van der Waals surface area contributed by atoms with Gasteiger partial charge in [-0.1, -0.05) is 23.6 Å². The Morgan fingerprint density at radius 2 is 2.20 bits per heavy atom. The van der Waals surface area contributed by atoms with Crippen molar-refractivity contribution in [3.63, 3.8) is 0 Å². The fraction of sp³-hybridized carbons (Fsp3) is 0.625. The van der Waals surface area contributed by atoms with E-state index in [4.69, 9.17) is 5.73 Å². The van der Waals surface area contributed by atoms with Crippen molar-refractivity contribution in [1.29, 1.82) is 0 Å². The monoisotopic (exact) mass is 275 g/mol. The zero-order valence-corrected chi connectivity index (χ0v) is 12.9. The van der Waals surface area contributed by atoms with E-state index in [2.05, 4.69) is 44.3 Å². The van der Waals surface area contributed by atoms with Gasteiger partial charge in [-0.2, -0.15) is 5.10 Å². The third-order valence-electron chi connectivity index (χ3n) is 5.05. The summed E-state index contributed by atoms with van der Waals surface area (Å²) < 4.78 is 0. The van der Waals surface area contributed by atoms with Crippen molar-refractivity contribution in [1.82, 2.24) is 5.43 Å². The zero-order valence-electron chi connectivity index (χ0n) is 12.9. The number of hydrazone groups is 1. The minimum Gasteiger partial charge on any atom is -0.350 e. The average Bonchev–Trinajstić information content (AvgIpc) is 2.80. The number of carbonyl (C=O) groups excluding carboxylic acids is 1. The molecule has 0 radical (unpaired) electrons. The van der Waals surface area contributed by atoms with Gasteiger partial charge in [0.2, 0.25) is 0 Å². The Hall–Kier alpha value is -1.58. The highest BCUT2D eigenvalue weighted by molar-refractivity contribution is 5.97. The summed E-state index contributed by atoms with van der Waals surface area (Å²) in [5.41, 5.74) is 13.1. The maximum absolute atomic E-state index is 10.7. The molecule has 2 rings (SSSR count). The summed E-state index contributed by atoms with van der Waals surface area (Å²) in [7, 11) is 0. The van der Waals surface area contributed by atoms with Gasteiger partial charge in [-0.15, -0.1) is 0 Å². The molecule has 0 saturated heterocycles. The molecule has 20 heavy (non-hydrogen) atoms. The number of hydrogen-bond donors (Lipinski definition) is 2. The van der Waals surface area contributed by atoms with Crippen molar-refractivity contribution in [2.24, 2.45) is 22.2 Å². The first-order valence-electron chi connectivity index (χ1n) is 7.31. The first-order valence-corrected chi connectivity index (χ1v) is 7.31. The summed E-state index contributed by atoms with van der Waals surface area (Å²) in [6, 6.07) is -0.607. The summed E-state index contributed by atoms with van der Waals surface area (Å²) in [5.74, 6) is 0.540. The Bertz CT molecular complexity index is 512. The highest BCUT2D eigenvalue weighted by atomic mass is 16.2. The molecule has 0 bridgehead atoms. The number of primary amides is 1. The van der Waals surface area contributed by atoms with Crippen LogP contribution >= 0.6 is 0 Å². The molecule has 110 valence electrons. The second kappa shape index (κ2) is 5.43. The van der Waals surface area contributed by atoms with Crippen LogP contribution in [-0.4, -0.2) is 11.7 Å². The van der Waals surface area contributed by atoms with Crippen LogP contribution in [0, 0.1) is 11.3 Å². The molecule has 0 heterocycles. The third-order valence-corrected chi connectivity index (χ3v) is 5.05. The van der Waals surface area contributed by atoms with Crippen LogP contribution in [0.3, 0.4) is 0 Å². The third kappa shape index (κ3) is 2.65. The lowest BCUT2D eigenvalue weighted by molar-refractivity contribution is 0.239. The van der Waals surface area contributed by atoms with E-state index in [1.165, 1.54) is 30.4 Å². The minimum atomic E-state index is -0.607. The first kappa shape index (κ1) is 14.8. The Morgan fingerprint density at radius 3 is 2.70 bits per heavy atom. The van der Waals surface area contributed by atoms with Crippen LogP contribution in [0.1, 0.15) is 53.4 Å². The van der Waals surface area contributed by atoms with Crippen LogP contribution < -0.4 is 11.2 Å². The lowest BCUT2D eigenvalue weighted by Crippen LogP contribution is -2.34. The number of nitrogens with two attached hydrogens (primary N) is 1. The highest BCUT2D eigenvalue weighted by Gasteiger charge is 2.44. The number of nitrogens with one attached hydrogen (secondary N) is 1. The van der Waals surface area contributed by atoms with E-state index in [0.29, 0.717) is 11.3 Å². The molecule has 2 aliphatic rings. The Balaban J connectivity index is 2.26. The molecule has 0 aromatic rings. The summed E-state index contributed by atoms with van der Waals surface area (Å²) in [4.78, 5) is 10.7. The predicted octanol–water partition coefficient (Wildman–Crippen LogP) is 3.50. The zero-order chi connectivity index (χ0) is 14.9. The van der Waals surface area contributed by atoms with Crippen LogP contribution in [0.5, 0.6) is 0 Å². The highest BCUT2D eigenvalue weighted by Crippen LogP contribution is 2.55. The van der Waals surface area contributed by atoms with E-state index in [-0.39, 0.29) is 0 Å². The molecule has 1 saturated carbocycles. The largest absolute Gasteiger partial charge is 0.350 e. The van der Waals surface area contributed by atoms with Crippen molar-refractivity contribution >= 4 is 11.7 Å². The summed E-state index contributed by atoms with van der Waals surface area (Å²) in [6.45, 7) is 8.92. The standard InChI is InChI=1S/C16H25N3O/c1-10(2)13-5-6-16(9-13)11(3)7-14(8-12(16)4)18-19-15(17)20/h7,12H,5-6,8-9H2,1-4H3,(H3,17,19,20)/b18-14+/t12-,16+/m1/s1. The van der Waals surface area contributed by atoms with Crippen molar-refractivity contribution < 1.29 is 4.79 Å². The molecule has 0 aromatic heterocycles. The Kier molecular flexibility index (Phi) is 4.02. The summed E-state index contributed by atoms with van der Waals surface area (Å²) in [5, 5.41) is 4.10. The average molecular weight is 275 g/mol. The molecule has 3 N–H and O–H groups in total. The molecule has 2 atom stereocenters. The van der Waals surface area contributed by atoms with E-state index in [0.717, 1.165) is 12.1 Å². The maximum Gasteiger partial charge on any atom is 0.332 e. The summed E-state index contributed by atoms with van der Waals surface area (Å²) in [6.07, 6.45) is 6.64. The van der Waals surface area contributed by atoms with Gasteiger partial charge in [-0.05, 0) is 63.9 Å². The second-order valence-corrected chi connectivity index (χ2v) is 6.45. The van der Waals surface area contributed by atoms with E-state index < -0.39 is 6.03 Å². The molecular formula is C16H25N3O. The molecule has 1 spiro atoms. The van der Waals surface area contributed by atoms with Gasteiger partial charge in [0.25, 0.3) is 0 Å². The predicted molar refractivity (Wildman–Crippen MR) is 82.4 cm³/mol. The number of nitrogens with zero attached hydrogens (tertiary/aromatic N) is 1. The number of hydrogen-bond acceptors (Lipinski definition) is 2. The van der Waals surface area contributed by atoms with Crippen LogP contribution in [0.4, 0.5) is 4.79 Å². The minimum absolute atomic E-state index is 0.290. The number of amides is 2. The quantitative estimate of drug-likeness (QED) is 0.558. The number of carbonyl (C=O) groups is 1. The molecular weight excluding hydrogens is 250 g/mol. The normalized spacial score (nSPS) is 31.6. The maximum atomic E-state index is 10.7. The second-order valence-electron chi connectivity index (χ2n) is 6.45. The molecule has 0 unspecified atom stereocenters. The lowest BCUT2D eigenvalue weighted by atomic mass is 9.64. The van der Waals surface area contributed by atoms with E-state index >= 15 is 0 Å². The van der Waals surface area contributed by atoms with E-state index in [1.807, 2.05) is 0 Å². The number of allylic oxidation sites excluding steroid dienone is 4. The summed E-state index contributed by atoms with van der Waals surface area (Å²) >= 11 is 0. The van der Waals surface area contributed by atoms with E-state index in [9.17, 15) is 4.79 Å². The van der Waals surface area contributed by atoms with Gasteiger partial charge >= 0.3 is 6.03 Å². The van der Waals surface area contributed by atoms with Gasteiger partial charge in [0.1, 0.15) is 0 Å². The number of urea groups is 1. The number of rotatable bonds is 1. The van der Waals surface area contributed by atoms with Crippen molar-refractivity contribution in [2.45, 2.75) is 53.4 Å². The van der Waals surface area contributed by atoms with Crippen LogP contribution in [0.15, 0.2) is 27.9 Å². The molecule has 2 aliphatic carbocycles. The molecule has 0 aromatic carbocycles. The van der Waals surface area contributed by atoms with Crippen molar-refractivity contribution in [3.8, 4) is 0 Å². The lowest BCUT2D eigenvalue weighted by Gasteiger charge is -2.40. The van der Waals surface area contributed by atoms with Gasteiger partial charge in [0.15, 0.2) is 0 Å². The molecule has 0 aliphatic heterocycles. The topological polar surface area (TPSA) is 67.5 Å². The molecule has 1 fully saturated rings. The van der Waals surface area contributed by atoms with E-state index in [1.54, 1.807) is 5.57 Å². The Morgan fingerprint density at radius 1 is 1.50 bits per heavy atom. The van der Waals surface area contributed by atoms with Crippen molar-refractivity contribution in [2.75, 3.05) is 0 Å². The molecule has 4 nitrogen and oxygen atoms in total. The fourth-order valence-corrected chi connectivity index (χ4v) is 3.67. The van der Waals surface area contributed by atoms with Gasteiger partial charge in [-0.3, -0.25) is 0 Å². The Labute approximate surface area is 121 Å². The van der Waals surface area contributed by atoms with Gasteiger partial charge < -0.3 is 5.73 Å². The van der Waals surface area contributed by atoms with Crippen LogP contribution in [-0.2, 0) is 0 Å². The fourth-order valence-electron chi connectivity index (χ4n) is 3.67. The molecule has 2 amide bonds.